The Morgan fingerprint density at radius 3 is 2.75 bits per heavy atom. The normalized spacial score (nSPS) is 10.2. The Kier molecular flexibility index (Phi) is 5.88. The summed E-state index contributed by atoms with van der Waals surface area (Å²) in [7, 11) is 0. The van der Waals surface area contributed by atoms with E-state index in [0.717, 1.165) is 23.8 Å². The number of halogens is 4. The Labute approximate surface area is 121 Å². The number of anilines is 1. The van der Waals surface area contributed by atoms with E-state index in [9.17, 15) is 13.2 Å². The van der Waals surface area contributed by atoms with Crippen LogP contribution in [-0.4, -0.2) is 16.5 Å². The van der Waals surface area contributed by atoms with Crippen LogP contribution in [0.3, 0.4) is 0 Å². The van der Waals surface area contributed by atoms with E-state index in [-0.39, 0.29) is 31.1 Å². The van der Waals surface area contributed by atoms with Crippen LogP contribution < -0.4 is 5.32 Å². The van der Waals surface area contributed by atoms with Crippen LogP contribution >= 0.6 is 12.4 Å². The average molecular weight is 306 g/mol. The van der Waals surface area contributed by atoms with E-state index in [2.05, 4.69) is 10.4 Å². The highest BCUT2D eigenvalue weighted by Gasteiger charge is 2.07. The Hall–Kier alpha value is -1.69. The van der Waals surface area contributed by atoms with Crippen molar-refractivity contribution in [2.24, 2.45) is 0 Å². The number of rotatable bonds is 5. The molecule has 0 unspecified atom stereocenters. The lowest BCUT2D eigenvalue weighted by Gasteiger charge is -2.06. The molecule has 1 N–H and O–H groups in total. The molecule has 0 aliphatic rings. The molecule has 0 aliphatic heterocycles. The fourth-order valence-electron chi connectivity index (χ4n) is 1.75. The lowest BCUT2D eigenvalue weighted by atomic mass is 10.2. The molecule has 0 spiro atoms. The van der Waals surface area contributed by atoms with Crippen LogP contribution in [-0.2, 0) is 13.1 Å². The first-order valence-electron chi connectivity index (χ1n) is 5.88. The first-order valence-corrected chi connectivity index (χ1v) is 5.88. The molecule has 110 valence electrons. The van der Waals surface area contributed by atoms with Crippen molar-refractivity contribution in [3.8, 4) is 0 Å². The zero-order chi connectivity index (χ0) is 13.8. The second kappa shape index (κ2) is 7.19. The minimum Gasteiger partial charge on any atom is -0.364 e. The quantitative estimate of drug-likeness (QED) is 0.916. The van der Waals surface area contributed by atoms with E-state index < -0.39 is 18.3 Å². The molecule has 0 amide bonds. The van der Waals surface area contributed by atoms with Crippen LogP contribution in [0.5, 0.6) is 0 Å². The van der Waals surface area contributed by atoms with Gasteiger partial charge in [-0.25, -0.2) is 13.2 Å². The predicted molar refractivity (Wildman–Crippen MR) is 73.9 cm³/mol. The molecule has 2 aromatic rings. The third-order valence-electron chi connectivity index (χ3n) is 2.71. The maximum Gasteiger partial charge on any atom is 0.151 e. The van der Waals surface area contributed by atoms with Gasteiger partial charge in [0.1, 0.15) is 18.3 Å². The summed E-state index contributed by atoms with van der Waals surface area (Å²) >= 11 is 0. The Morgan fingerprint density at radius 1 is 1.30 bits per heavy atom. The monoisotopic (exact) mass is 305 g/mol. The van der Waals surface area contributed by atoms with Gasteiger partial charge in [0.05, 0.1) is 6.54 Å². The molecule has 3 nitrogen and oxygen atoms in total. The Balaban J connectivity index is 0.00000200. The van der Waals surface area contributed by atoms with Gasteiger partial charge in [-0.3, -0.25) is 4.68 Å². The topological polar surface area (TPSA) is 29.9 Å². The summed E-state index contributed by atoms with van der Waals surface area (Å²) in [5.41, 5.74) is 1.05. The molecule has 20 heavy (non-hydrogen) atoms. The van der Waals surface area contributed by atoms with Crippen LogP contribution in [0.25, 0.3) is 0 Å². The van der Waals surface area contributed by atoms with Crippen LogP contribution in [0.15, 0.2) is 24.4 Å². The molecule has 0 saturated carbocycles. The molecule has 0 atom stereocenters. The van der Waals surface area contributed by atoms with Gasteiger partial charge in [0, 0.05) is 23.9 Å². The van der Waals surface area contributed by atoms with Crippen molar-refractivity contribution in [2.45, 2.75) is 20.0 Å². The van der Waals surface area contributed by atoms with Crippen molar-refractivity contribution in [3.63, 3.8) is 0 Å². The van der Waals surface area contributed by atoms with Gasteiger partial charge in [0.15, 0.2) is 5.82 Å². The van der Waals surface area contributed by atoms with Gasteiger partial charge in [-0.2, -0.15) is 5.10 Å². The molecular weight excluding hydrogens is 291 g/mol. The second-order valence-electron chi connectivity index (χ2n) is 4.20. The van der Waals surface area contributed by atoms with E-state index in [0.29, 0.717) is 5.82 Å². The molecule has 1 aromatic carbocycles. The van der Waals surface area contributed by atoms with Crippen molar-refractivity contribution in [3.05, 3.63) is 47.2 Å². The van der Waals surface area contributed by atoms with Crippen LogP contribution in [0, 0.1) is 18.6 Å². The number of alkyl halides is 1. The summed E-state index contributed by atoms with van der Waals surface area (Å²) in [4.78, 5) is 0. The van der Waals surface area contributed by atoms with Crippen LogP contribution in [0.4, 0.5) is 19.0 Å². The molecular formula is C13H15ClF3N3. The van der Waals surface area contributed by atoms with E-state index in [1.807, 2.05) is 6.92 Å². The minimum atomic E-state index is -0.501. The zero-order valence-corrected chi connectivity index (χ0v) is 11.7. The molecule has 0 bridgehead atoms. The van der Waals surface area contributed by atoms with Crippen molar-refractivity contribution in [1.82, 2.24) is 9.78 Å². The number of nitrogens with zero attached hydrogens (tertiary/aromatic N) is 2. The first kappa shape index (κ1) is 16.4. The number of aryl methyl sites for hydroxylation is 2. The number of nitrogens with one attached hydrogen (secondary N) is 1. The van der Waals surface area contributed by atoms with Crippen molar-refractivity contribution in [2.75, 3.05) is 12.0 Å². The molecule has 7 heteroatoms. The standard InChI is InChI=1S/C13H14F3N3.ClH/c1-9-8-19(5-4-14)18-13(9)17-7-10-6-11(15)2-3-12(10)16;/h2-3,6,8H,4-5,7H2,1H3,(H,17,18);1H. The Morgan fingerprint density at radius 2 is 2.05 bits per heavy atom. The largest absolute Gasteiger partial charge is 0.364 e. The van der Waals surface area contributed by atoms with Crippen LogP contribution in [0.1, 0.15) is 11.1 Å². The number of hydrogen-bond donors (Lipinski definition) is 1. The third kappa shape index (κ3) is 3.90. The maximum atomic E-state index is 13.4. The smallest absolute Gasteiger partial charge is 0.151 e. The average Bonchev–Trinajstić information content (AvgIpc) is 2.71. The van der Waals surface area contributed by atoms with Gasteiger partial charge in [-0.05, 0) is 25.1 Å². The number of aromatic nitrogens is 2. The van der Waals surface area contributed by atoms with Crippen molar-refractivity contribution < 1.29 is 13.2 Å². The maximum absolute atomic E-state index is 13.4. The predicted octanol–water partition coefficient (Wildman–Crippen LogP) is 3.47. The van der Waals surface area contributed by atoms with E-state index in [1.54, 1.807) is 6.20 Å². The molecule has 0 saturated heterocycles. The minimum absolute atomic E-state index is 0. The SMILES string of the molecule is Cc1cn(CCF)nc1NCc1cc(F)ccc1F.Cl. The zero-order valence-electron chi connectivity index (χ0n) is 10.9. The lowest BCUT2D eigenvalue weighted by Crippen LogP contribution is -2.05. The fourth-order valence-corrected chi connectivity index (χ4v) is 1.75. The van der Waals surface area contributed by atoms with Gasteiger partial charge in [0.2, 0.25) is 0 Å². The molecule has 0 radical (unpaired) electrons. The first-order chi connectivity index (χ1) is 9.10. The number of benzene rings is 1. The summed E-state index contributed by atoms with van der Waals surface area (Å²) in [6.45, 7) is 1.61. The highest BCUT2D eigenvalue weighted by atomic mass is 35.5. The summed E-state index contributed by atoms with van der Waals surface area (Å²) < 4.78 is 40.1. The van der Waals surface area contributed by atoms with E-state index in [1.165, 1.54) is 4.68 Å². The highest BCUT2D eigenvalue weighted by molar-refractivity contribution is 5.85. The van der Waals surface area contributed by atoms with Gasteiger partial charge in [-0.1, -0.05) is 0 Å². The number of hydrogen-bond acceptors (Lipinski definition) is 2. The van der Waals surface area contributed by atoms with E-state index in [4.69, 9.17) is 0 Å². The summed E-state index contributed by atoms with van der Waals surface area (Å²) in [6, 6.07) is 3.29. The van der Waals surface area contributed by atoms with Crippen molar-refractivity contribution >= 4 is 18.2 Å². The summed E-state index contributed by atoms with van der Waals surface area (Å²) in [5, 5.41) is 7.03. The molecule has 2 rings (SSSR count). The summed E-state index contributed by atoms with van der Waals surface area (Å²) in [5.74, 6) is -0.426. The second-order valence-corrected chi connectivity index (χ2v) is 4.20. The van der Waals surface area contributed by atoms with Gasteiger partial charge < -0.3 is 5.32 Å². The highest BCUT2D eigenvalue weighted by Crippen LogP contribution is 2.15. The third-order valence-corrected chi connectivity index (χ3v) is 2.71. The van der Waals surface area contributed by atoms with Gasteiger partial charge in [-0.15, -0.1) is 12.4 Å². The van der Waals surface area contributed by atoms with E-state index >= 15 is 0 Å². The fraction of sp³-hybridized carbons (Fsp3) is 0.308. The lowest BCUT2D eigenvalue weighted by molar-refractivity contribution is 0.427. The molecule has 1 heterocycles. The van der Waals surface area contributed by atoms with Crippen LogP contribution in [0.2, 0.25) is 0 Å². The van der Waals surface area contributed by atoms with Gasteiger partial charge in [0.25, 0.3) is 0 Å². The van der Waals surface area contributed by atoms with Gasteiger partial charge >= 0.3 is 0 Å². The Bertz CT molecular complexity index is 572. The molecule has 1 aromatic heterocycles. The molecule has 0 fully saturated rings. The summed E-state index contributed by atoms with van der Waals surface area (Å²) in [6.07, 6.45) is 1.70. The van der Waals surface area contributed by atoms with Crippen molar-refractivity contribution in [1.29, 1.82) is 0 Å². The molecule has 0 aliphatic carbocycles.